The summed E-state index contributed by atoms with van der Waals surface area (Å²) in [6, 6.07) is 0. The summed E-state index contributed by atoms with van der Waals surface area (Å²) in [7, 11) is 0. The Balaban J connectivity index is 2.56. The summed E-state index contributed by atoms with van der Waals surface area (Å²) < 4.78 is 5.43. The summed E-state index contributed by atoms with van der Waals surface area (Å²) in [4.78, 5) is 0. The zero-order valence-corrected chi connectivity index (χ0v) is 7.00. The summed E-state index contributed by atoms with van der Waals surface area (Å²) in [6.45, 7) is 6.67. The maximum Gasteiger partial charge on any atom is 0.101 e. The second-order valence-electron chi connectivity index (χ2n) is 3.13. The summed E-state index contributed by atoms with van der Waals surface area (Å²) in [6.07, 6.45) is 5.55. The molecule has 3 atom stereocenters. The zero-order chi connectivity index (χ0) is 7.56. The minimum Gasteiger partial charge on any atom is -0.498 e. The van der Waals surface area contributed by atoms with Crippen LogP contribution in [0.15, 0.2) is 12.3 Å². The number of hydrogen-bond acceptors (Lipinski definition) is 1. The predicted octanol–water partition coefficient (Wildman–Crippen LogP) is 2.58. The van der Waals surface area contributed by atoms with Gasteiger partial charge >= 0.3 is 0 Å². The molecule has 3 unspecified atom stereocenters. The Hall–Kier alpha value is -0.460. The van der Waals surface area contributed by atoms with Crippen molar-refractivity contribution >= 4 is 0 Å². The Bertz CT molecular complexity index is 129. The first-order chi connectivity index (χ1) is 4.75. The van der Waals surface area contributed by atoms with Crippen LogP contribution in [0.3, 0.4) is 0 Å². The monoisotopic (exact) mass is 140 g/mol. The Morgan fingerprint density at radius 1 is 1.40 bits per heavy atom. The van der Waals surface area contributed by atoms with Gasteiger partial charge in [-0.25, -0.2) is 0 Å². The molecule has 0 bridgehead atoms. The van der Waals surface area contributed by atoms with Gasteiger partial charge in [0, 0.05) is 0 Å². The van der Waals surface area contributed by atoms with Crippen molar-refractivity contribution in [2.75, 3.05) is 0 Å². The van der Waals surface area contributed by atoms with Crippen LogP contribution in [0.4, 0.5) is 0 Å². The highest BCUT2D eigenvalue weighted by molar-refractivity contribution is 4.91. The summed E-state index contributed by atoms with van der Waals surface area (Å²) in [5, 5.41) is 0. The molecule has 1 nitrogen and oxygen atoms in total. The van der Waals surface area contributed by atoms with Gasteiger partial charge in [-0.05, 0) is 24.3 Å². The molecule has 0 amide bonds. The average molecular weight is 140 g/mol. The van der Waals surface area contributed by atoms with Crippen LogP contribution in [-0.2, 0) is 4.74 Å². The van der Waals surface area contributed by atoms with Crippen LogP contribution >= 0.6 is 0 Å². The van der Waals surface area contributed by atoms with Crippen LogP contribution in [0, 0.1) is 11.8 Å². The van der Waals surface area contributed by atoms with Crippen LogP contribution in [0.2, 0.25) is 0 Å². The van der Waals surface area contributed by atoms with Crippen LogP contribution in [-0.4, -0.2) is 6.10 Å². The van der Waals surface area contributed by atoms with E-state index in [9.17, 15) is 0 Å². The predicted molar refractivity (Wildman–Crippen MR) is 42.6 cm³/mol. The van der Waals surface area contributed by atoms with E-state index < -0.39 is 0 Å². The summed E-state index contributed by atoms with van der Waals surface area (Å²) >= 11 is 0. The van der Waals surface area contributed by atoms with Crippen LogP contribution in [0.25, 0.3) is 0 Å². The molecule has 0 spiro atoms. The molecule has 0 fully saturated rings. The number of hydrogen-bond donors (Lipinski definition) is 0. The lowest BCUT2D eigenvalue weighted by Crippen LogP contribution is -2.26. The SMILES string of the molecule is CCC1OC=CC(C)C1C. The van der Waals surface area contributed by atoms with Crippen LogP contribution in [0.1, 0.15) is 27.2 Å². The summed E-state index contributed by atoms with van der Waals surface area (Å²) in [5.74, 6) is 1.36. The molecule has 1 aliphatic rings. The van der Waals surface area contributed by atoms with Gasteiger partial charge in [-0.1, -0.05) is 20.8 Å². The number of allylic oxidation sites excluding steroid dienone is 1. The molecule has 1 heterocycles. The Morgan fingerprint density at radius 3 is 2.60 bits per heavy atom. The second-order valence-corrected chi connectivity index (χ2v) is 3.13. The molecule has 0 aromatic heterocycles. The van der Waals surface area contributed by atoms with E-state index in [1.165, 1.54) is 0 Å². The highest BCUT2D eigenvalue weighted by Gasteiger charge is 2.23. The minimum absolute atomic E-state index is 0.444. The molecule has 0 saturated carbocycles. The van der Waals surface area contributed by atoms with E-state index in [1.807, 2.05) is 6.26 Å². The molecule has 1 aliphatic heterocycles. The first kappa shape index (κ1) is 7.64. The van der Waals surface area contributed by atoms with E-state index >= 15 is 0 Å². The molecule has 1 heteroatoms. The van der Waals surface area contributed by atoms with Gasteiger partial charge in [0.05, 0.1) is 6.26 Å². The van der Waals surface area contributed by atoms with Crippen LogP contribution in [0.5, 0.6) is 0 Å². The van der Waals surface area contributed by atoms with E-state index in [1.54, 1.807) is 0 Å². The van der Waals surface area contributed by atoms with E-state index in [4.69, 9.17) is 4.74 Å². The van der Waals surface area contributed by atoms with E-state index in [0.29, 0.717) is 17.9 Å². The van der Waals surface area contributed by atoms with Gasteiger partial charge < -0.3 is 4.74 Å². The molecular weight excluding hydrogens is 124 g/mol. The molecule has 1 rings (SSSR count). The lowest BCUT2D eigenvalue weighted by Gasteiger charge is -2.29. The Kier molecular flexibility index (Phi) is 2.36. The van der Waals surface area contributed by atoms with Gasteiger partial charge in [0.25, 0.3) is 0 Å². The Morgan fingerprint density at radius 2 is 2.10 bits per heavy atom. The van der Waals surface area contributed by atoms with E-state index in [2.05, 4.69) is 26.8 Å². The average Bonchev–Trinajstić information content (AvgIpc) is 1.95. The fraction of sp³-hybridized carbons (Fsp3) is 0.778. The number of rotatable bonds is 1. The van der Waals surface area contributed by atoms with Crippen molar-refractivity contribution in [2.45, 2.75) is 33.3 Å². The smallest absolute Gasteiger partial charge is 0.101 e. The lowest BCUT2D eigenvalue weighted by molar-refractivity contribution is 0.0562. The van der Waals surface area contributed by atoms with Crippen molar-refractivity contribution in [2.24, 2.45) is 11.8 Å². The number of ether oxygens (including phenoxy) is 1. The minimum atomic E-state index is 0.444. The maximum atomic E-state index is 5.43. The third kappa shape index (κ3) is 1.34. The first-order valence-corrected chi connectivity index (χ1v) is 4.07. The van der Waals surface area contributed by atoms with Crippen molar-refractivity contribution in [1.29, 1.82) is 0 Å². The zero-order valence-electron chi connectivity index (χ0n) is 7.00. The first-order valence-electron chi connectivity index (χ1n) is 4.07. The van der Waals surface area contributed by atoms with Gasteiger partial charge in [0.15, 0.2) is 0 Å². The van der Waals surface area contributed by atoms with Crippen molar-refractivity contribution in [1.82, 2.24) is 0 Å². The largest absolute Gasteiger partial charge is 0.498 e. The quantitative estimate of drug-likeness (QED) is 0.544. The third-order valence-corrected chi connectivity index (χ3v) is 2.45. The van der Waals surface area contributed by atoms with Gasteiger partial charge in [-0.2, -0.15) is 0 Å². The van der Waals surface area contributed by atoms with Crippen molar-refractivity contribution < 1.29 is 4.74 Å². The van der Waals surface area contributed by atoms with Gasteiger partial charge in [0.2, 0.25) is 0 Å². The molecule has 0 aromatic rings. The lowest BCUT2D eigenvalue weighted by atomic mass is 9.88. The highest BCUT2D eigenvalue weighted by Crippen LogP contribution is 2.25. The topological polar surface area (TPSA) is 9.23 Å². The molecule has 10 heavy (non-hydrogen) atoms. The third-order valence-electron chi connectivity index (χ3n) is 2.45. The van der Waals surface area contributed by atoms with Crippen molar-refractivity contribution in [3.8, 4) is 0 Å². The van der Waals surface area contributed by atoms with Crippen molar-refractivity contribution in [3.63, 3.8) is 0 Å². The highest BCUT2D eigenvalue weighted by atomic mass is 16.5. The van der Waals surface area contributed by atoms with E-state index in [0.717, 1.165) is 6.42 Å². The summed E-state index contributed by atoms with van der Waals surface area (Å²) in [5.41, 5.74) is 0. The van der Waals surface area contributed by atoms with Crippen molar-refractivity contribution in [3.05, 3.63) is 12.3 Å². The normalized spacial score (nSPS) is 39.3. The standard InChI is InChI=1S/C9H16O/c1-4-9-8(3)7(2)5-6-10-9/h5-9H,4H2,1-3H3. The second kappa shape index (κ2) is 3.09. The molecular formula is C9H16O. The fourth-order valence-electron chi connectivity index (χ4n) is 1.38. The van der Waals surface area contributed by atoms with E-state index in [-0.39, 0.29) is 0 Å². The molecule has 0 saturated heterocycles. The molecule has 58 valence electrons. The van der Waals surface area contributed by atoms with Gasteiger partial charge in [0.1, 0.15) is 6.10 Å². The van der Waals surface area contributed by atoms with Gasteiger partial charge in [-0.3, -0.25) is 0 Å². The molecule has 0 N–H and O–H groups in total. The molecule has 0 aliphatic carbocycles. The Labute approximate surface area is 63.1 Å². The maximum absolute atomic E-state index is 5.43. The van der Waals surface area contributed by atoms with Gasteiger partial charge in [-0.15, -0.1) is 0 Å². The molecule has 0 radical (unpaired) electrons. The van der Waals surface area contributed by atoms with Crippen LogP contribution < -0.4 is 0 Å². The molecule has 0 aromatic carbocycles. The fourth-order valence-corrected chi connectivity index (χ4v) is 1.38.